The number of rotatable bonds is 15. The Labute approximate surface area is 287 Å². The van der Waals surface area contributed by atoms with Crippen LogP contribution in [0.4, 0.5) is 0 Å². The van der Waals surface area contributed by atoms with Crippen LogP contribution in [0.1, 0.15) is 110 Å². The molecule has 0 aromatic rings. The van der Waals surface area contributed by atoms with Crippen LogP contribution in [0.5, 0.6) is 0 Å². The van der Waals surface area contributed by atoms with Crippen LogP contribution in [0.25, 0.3) is 0 Å². The Hall–Kier alpha value is 0.268. The topological polar surface area (TPSA) is 36.9 Å². The Morgan fingerprint density at radius 3 is 1.13 bits per heavy atom. The van der Waals surface area contributed by atoms with Gasteiger partial charge in [0.1, 0.15) is 6.10 Å². The van der Waals surface area contributed by atoms with Crippen molar-refractivity contribution in [1.29, 1.82) is 0 Å². The van der Waals surface area contributed by atoms with Gasteiger partial charge in [0.15, 0.2) is 33.3 Å². The zero-order valence-corrected chi connectivity index (χ0v) is 38.6. The zero-order chi connectivity index (χ0) is 36.4. The molecule has 0 aliphatic heterocycles. The fourth-order valence-corrected chi connectivity index (χ4v) is 9.81. The highest BCUT2D eigenvalue weighted by Crippen LogP contribution is 2.45. The first-order valence-electron chi connectivity index (χ1n) is 17.7. The lowest BCUT2D eigenvalue weighted by Crippen LogP contribution is -2.54. The number of hydrogen-bond donors (Lipinski definition) is 0. The van der Waals surface area contributed by atoms with Gasteiger partial charge in [-0.05, 0) is 84.9 Å². The molecule has 0 unspecified atom stereocenters. The first kappa shape index (κ1) is 45.3. The van der Waals surface area contributed by atoms with Gasteiger partial charge >= 0.3 is 0 Å². The van der Waals surface area contributed by atoms with Crippen LogP contribution in [-0.4, -0.2) is 58.2 Å². The molecular formula is C37H80O4Si4. The molecule has 0 heterocycles. The maximum absolute atomic E-state index is 7.43. The average Bonchev–Trinajstić information content (AvgIpc) is 2.80. The summed E-state index contributed by atoms with van der Waals surface area (Å²) >= 11 is 0. The van der Waals surface area contributed by atoms with Crippen molar-refractivity contribution in [3.63, 3.8) is 0 Å². The monoisotopic (exact) mass is 701 g/mol. The highest BCUT2D eigenvalue weighted by atomic mass is 28.4. The van der Waals surface area contributed by atoms with E-state index in [9.17, 15) is 0 Å². The van der Waals surface area contributed by atoms with Crippen LogP contribution < -0.4 is 0 Å². The molecule has 0 rings (SSSR count). The minimum absolute atomic E-state index is 0.00141. The smallest absolute Gasteiger partial charge is 0.193 e. The normalized spacial score (nSPS) is 19.0. The SMILES string of the molecule is C#C[C@H](C[C@H](C)[C@H](O[Si](C)(C)C(C)(C)C)[C@@H](C)[C@@H](O[Si](C)(C)C(C)(C)C)[C@@H](C)CO[Si](C)(C)C(C)(C)C)O[Si](C)(C)C(C)(C)C. The maximum Gasteiger partial charge on any atom is 0.193 e. The molecule has 0 radical (unpaired) electrons. The molecule has 0 saturated carbocycles. The second kappa shape index (κ2) is 15.4. The summed E-state index contributed by atoms with van der Waals surface area (Å²) in [5, 5.41) is 0.432. The quantitative estimate of drug-likeness (QED) is 0.126. The van der Waals surface area contributed by atoms with Crippen molar-refractivity contribution >= 4 is 33.3 Å². The van der Waals surface area contributed by atoms with E-state index in [1.165, 1.54) is 0 Å². The molecule has 0 fully saturated rings. The van der Waals surface area contributed by atoms with Gasteiger partial charge in [0.05, 0.1) is 12.2 Å². The van der Waals surface area contributed by atoms with Gasteiger partial charge in [-0.25, -0.2) is 0 Å². The van der Waals surface area contributed by atoms with Gasteiger partial charge in [-0.15, -0.1) is 6.42 Å². The molecule has 4 nitrogen and oxygen atoms in total. The van der Waals surface area contributed by atoms with E-state index in [1.54, 1.807) is 0 Å². The molecule has 268 valence electrons. The van der Waals surface area contributed by atoms with Crippen molar-refractivity contribution in [3.8, 4) is 12.3 Å². The van der Waals surface area contributed by atoms with E-state index in [2.05, 4.69) is 162 Å². The van der Waals surface area contributed by atoms with Gasteiger partial charge in [0.2, 0.25) is 0 Å². The standard InChI is InChI=1S/C37H80O4Si4/c1-25-31(39-43(19,20)35(8,9)10)26-28(2)32(40-44(21,22)36(11,12)13)30(4)33(41-45(23,24)37(14,15)16)29(3)27-38-42(17,18)34(5,6)7/h1,28-33H,26-27H2,2-24H3/t28-,29-,30+,31+,32-,33-/m0/s1. The van der Waals surface area contributed by atoms with Crippen LogP contribution in [0, 0.1) is 30.1 Å². The summed E-state index contributed by atoms with van der Waals surface area (Å²) in [4.78, 5) is 0. The molecule has 0 aliphatic carbocycles. The van der Waals surface area contributed by atoms with Crippen molar-refractivity contribution < 1.29 is 17.7 Å². The highest BCUT2D eigenvalue weighted by Gasteiger charge is 2.48. The molecule has 0 saturated heterocycles. The molecule has 0 bridgehead atoms. The van der Waals surface area contributed by atoms with E-state index in [-0.39, 0.29) is 56.2 Å². The summed E-state index contributed by atoms with van der Waals surface area (Å²) in [6.07, 6.45) is 6.70. The highest BCUT2D eigenvalue weighted by molar-refractivity contribution is 6.75. The van der Waals surface area contributed by atoms with Crippen LogP contribution in [0.3, 0.4) is 0 Å². The van der Waals surface area contributed by atoms with Gasteiger partial charge in [-0.2, -0.15) is 0 Å². The fourth-order valence-electron chi connectivity index (χ4n) is 4.51. The Kier molecular flexibility index (Phi) is 15.5. The Balaban J connectivity index is 6.87. The lowest BCUT2D eigenvalue weighted by atomic mass is 9.82. The van der Waals surface area contributed by atoms with E-state index in [0.717, 1.165) is 6.42 Å². The fraction of sp³-hybridized carbons (Fsp3) is 0.946. The van der Waals surface area contributed by atoms with Gasteiger partial charge in [0.25, 0.3) is 0 Å². The van der Waals surface area contributed by atoms with Gasteiger partial charge < -0.3 is 17.7 Å². The van der Waals surface area contributed by atoms with Crippen LogP contribution >= 0.6 is 0 Å². The molecule has 0 amide bonds. The minimum atomic E-state index is -2.13. The molecule has 0 aliphatic rings. The maximum atomic E-state index is 7.43. The lowest BCUT2D eigenvalue weighted by molar-refractivity contribution is -0.0299. The van der Waals surface area contributed by atoms with Crippen LogP contribution in [0.2, 0.25) is 72.5 Å². The van der Waals surface area contributed by atoms with E-state index < -0.39 is 33.3 Å². The molecule has 0 N–H and O–H groups in total. The molecule has 45 heavy (non-hydrogen) atoms. The predicted molar refractivity (Wildman–Crippen MR) is 210 cm³/mol. The van der Waals surface area contributed by atoms with Gasteiger partial charge in [0, 0.05) is 18.4 Å². The molecule has 0 aromatic heterocycles. The second-order valence-corrected chi connectivity index (χ2v) is 39.4. The molecular weight excluding hydrogens is 621 g/mol. The minimum Gasteiger partial charge on any atom is -0.416 e. The third kappa shape index (κ3) is 12.6. The van der Waals surface area contributed by atoms with Crippen molar-refractivity contribution in [3.05, 3.63) is 0 Å². The third-order valence-corrected chi connectivity index (χ3v) is 30.1. The predicted octanol–water partition coefficient (Wildman–Crippen LogP) is 12.1. The summed E-state index contributed by atoms with van der Waals surface area (Å²) in [7, 11) is -8.21. The third-order valence-electron chi connectivity index (χ3n) is 12.2. The van der Waals surface area contributed by atoms with Gasteiger partial charge in [-0.1, -0.05) is 110 Å². The molecule has 8 heteroatoms. The Bertz CT molecular complexity index is 955. The zero-order valence-electron chi connectivity index (χ0n) is 34.6. The molecule has 0 spiro atoms. The molecule has 6 atom stereocenters. The largest absolute Gasteiger partial charge is 0.416 e. The van der Waals surface area contributed by atoms with Crippen molar-refractivity contribution in [2.45, 2.75) is 201 Å². The van der Waals surface area contributed by atoms with Crippen LogP contribution in [-0.2, 0) is 17.7 Å². The Morgan fingerprint density at radius 1 is 0.511 bits per heavy atom. The first-order valence-corrected chi connectivity index (χ1v) is 29.3. The lowest BCUT2D eigenvalue weighted by Gasteiger charge is -2.48. The van der Waals surface area contributed by atoms with E-state index in [1.807, 2.05) is 0 Å². The first-order chi connectivity index (χ1) is 19.5. The van der Waals surface area contributed by atoms with Gasteiger partial charge in [-0.3, -0.25) is 0 Å². The summed E-state index contributed by atoms with van der Waals surface area (Å²) in [5.74, 6) is 3.59. The summed E-state index contributed by atoms with van der Waals surface area (Å²) in [6, 6.07) is 0. The van der Waals surface area contributed by atoms with Crippen molar-refractivity contribution in [2.24, 2.45) is 17.8 Å². The summed E-state index contributed by atoms with van der Waals surface area (Å²) in [5.41, 5.74) is 0. The average molecular weight is 701 g/mol. The van der Waals surface area contributed by atoms with E-state index in [0.29, 0.717) is 6.61 Å². The van der Waals surface area contributed by atoms with Crippen LogP contribution in [0.15, 0.2) is 0 Å². The second-order valence-electron chi connectivity index (χ2n) is 20.3. The van der Waals surface area contributed by atoms with E-state index in [4.69, 9.17) is 24.1 Å². The summed E-state index contributed by atoms with van der Waals surface area (Å²) in [6.45, 7) is 54.3. The number of hydrogen-bond acceptors (Lipinski definition) is 4. The van der Waals surface area contributed by atoms with Crippen molar-refractivity contribution in [1.82, 2.24) is 0 Å². The molecule has 0 aromatic carbocycles. The summed E-state index contributed by atoms with van der Waals surface area (Å²) < 4.78 is 28.5. The number of terminal acetylenes is 1. The van der Waals surface area contributed by atoms with E-state index >= 15 is 0 Å². The Morgan fingerprint density at radius 2 is 0.822 bits per heavy atom. The van der Waals surface area contributed by atoms with Crippen molar-refractivity contribution in [2.75, 3.05) is 6.61 Å².